The second-order valence-electron chi connectivity index (χ2n) is 5.41. The number of halogens is 3. The van der Waals surface area contributed by atoms with Crippen LogP contribution in [0.3, 0.4) is 0 Å². The molecule has 0 aliphatic carbocycles. The van der Waals surface area contributed by atoms with Gasteiger partial charge in [0.05, 0.1) is 12.5 Å². The highest BCUT2D eigenvalue weighted by Gasteiger charge is 2.58. The Morgan fingerprint density at radius 1 is 1.38 bits per heavy atom. The van der Waals surface area contributed by atoms with E-state index in [0.29, 0.717) is 6.42 Å². The molecule has 0 saturated carbocycles. The van der Waals surface area contributed by atoms with E-state index in [4.69, 9.17) is 0 Å². The number of carbonyl (C=O) groups excluding carboxylic acids is 1. The third kappa shape index (κ3) is 3.05. The summed E-state index contributed by atoms with van der Waals surface area (Å²) in [6.45, 7) is 1.07. The van der Waals surface area contributed by atoms with E-state index in [0.717, 1.165) is 10.5 Å². The van der Waals surface area contributed by atoms with Gasteiger partial charge in [-0.3, -0.25) is 4.79 Å². The fraction of sp³-hybridized carbons (Fsp3) is 0.533. The van der Waals surface area contributed by atoms with Crippen LogP contribution in [0.25, 0.3) is 0 Å². The molecular formula is C15H18F3NO2. The van der Waals surface area contributed by atoms with Gasteiger partial charge < -0.3 is 10.0 Å². The number of hydrogen-bond donors (Lipinski definition) is 1. The molecule has 1 aliphatic rings. The SMILES string of the molecule is CC[C@@H](C(=O)N1CC[C@](O)(C(F)(F)F)C1)c1ccccc1. The van der Waals surface area contributed by atoms with Crippen LogP contribution >= 0.6 is 0 Å². The van der Waals surface area contributed by atoms with Crippen LogP contribution in [0.2, 0.25) is 0 Å². The summed E-state index contributed by atoms with van der Waals surface area (Å²) in [5.41, 5.74) is -2.00. The van der Waals surface area contributed by atoms with Crippen molar-refractivity contribution in [3.05, 3.63) is 35.9 Å². The molecule has 0 unspecified atom stereocenters. The van der Waals surface area contributed by atoms with E-state index in [1.54, 1.807) is 24.3 Å². The molecule has 1 heterocycles. The highest BCUT2D eigenvalue weighted by atomic mass is 19.4. The number of hydrogen-bond acceptors (Lipinski definition) is 2. The molecule has 0 aromatic heterocycles. The Balaban J connectivity index is 2.14. The zero-order valence-corrected chi connectivity index (χ0v) is 11.7. The van der Waals surface area contributed by atoms with Crippen LogP contribution in [0.4, 0.5) is 13.2 Å². The topological polar surface area (TPSA) is 40.5 Å². The number of aliphatic hydroxyl groups is 1. The average Bonchev–Trinajstić information content (AvgIpc) is 2.84. The number of rotatable bonds is 3. The average molecular weight is 301 g/mol. The van der Waals surface area contributed by atoms with E-state index < -0.39 is 30.7 Å². The molecule has 2 atom stereocenters. The summed E-state index contributed by atoms with van der Waals surface area (Å²) in [6, 6.07) is 8.98. The molecular weight excluding hydrogens is 283 g/mol. The quantitative estimate of drug-likeness (QED) is 0.932. The molecule has 1 aliphatic heterocycles. The predicted octanol–water partition coefficient (Wildman–Crippen LogP) is 2.71. The highest BCUT2D eigenvalue weighted by molar-refractivity contribution is 5.84. The van der Waals surface area contributed by atoms with Gasteiger partial charge in [0.1, 0.15) is 0 Å². The second kappa shape index (κ2) is 5.67. The van der Waals surface area contributed by atoms with Crippen molar-refractivity contribution in [3.8, 4) is 0 Å². The van der Waals surface area contributed by atoms with Gasteiger partial charge >= 0.3 is 6.18 Å². The van der Waals surface area contributed by atoms with Gasteiger partial charge in [-0.1, -0.05) is 37.3 Å². The van der Waals surface area contributed by atoms with Gasteiger partial charge in [-0.2, -0.15) is 13.2 Å². The smallest absolute Gasteiger partial charge is 0.379 e. The van der Waals surface area contributed by atoms with E-state index in [1.807, 2.05) is 13.0 Å². The van der Waals surface area contributed by atoms with Crippen molar-refractivity contribution in [2.24, 2.45) is 0 Å². The van der Waals surface area contributed by atoms with Crippen LogP contribution < -0.4 is 0 Å². The van der Waals surface area contributed by atoms with Gasteiger partial charge in [-0.15, -0.1) is 0 Å². The standard InChI is InChI=1S/C15H18F3NO2/c1-2-12(11-6-4-3-5-7-11)13(20)19-9-8-14(21,10-19)15(16,17)18/h3-7,12,21H,2,8-10H2,1H3/t12-,14-/m1/s1. The normalized spacial score (nSPS) is 24.1. The monoisotopic (exact) mass is 301 g/mol. The number of alkyl halides is 3. The molecule has 6 heteroatoms. The lowest BCUT2D eigenvalue weighted by atomic mass is 9.95. The van der Waals surface area contributed by atoms with Crippen LogP contribution in [0, 0.1) is 0 Å². The first-order chi connectivity index (χ1) is 9.78. The van der Waals surface area contributed by atoms with Crippen LogP contribution in [-0.4, -0.2) is 40.8 Å². The number of nitrogens with zero attached hydrogens (tertiary/aromatic N) is 1. The highest BCUT2D eigenvalue weighted by Crippen LogP contribution is 2.38. The minimum atomic E-state index is -4.71. The lowest BCUT2D eigenvalue weighted by Gasteiger charge is -2.27. The van der Waals surface area contributed by atoms with Gasteiger partial charge in [-0.05, 0) is 12.0 Å². The number of β-amino-alcohol motifs (C(OH)–C–C–N with tert-alkyl or cyclic N) is 1. The largest absolute Gasteiger partial charge is 0.419 e. The molecule has 1 fully saturated rings. The minimum absolute atomic E-state index is 0.0713. The summed E-state index contributed by atoms with van der Waals surface area (Å²) in [5, 5.41) is 9.65. The fourth-order valence-corrected chi connectivity index (χ4v) is 2.67. The Morgan fingerprint density at radius 2 is 2.00 bits per heavy atom. The van der Waals surface area contributed by atoms with E-state index in [1.165, 1.54) is 0 Å². The maximum absolute atomic E-state index is 12.8. The van der Waals surface area contributed by atoms with Gasteiger partial charge in [0.25, 0.3) is 0 Å². The van der Waals surface area contributed by atoms with Crippen molar-refractivity contribution in [1.82, 2.24) is 4.90 Å². The summed E-state index contributed by atoms with van der Waals surface area (Å²) in [6.07, 6.45) is -4.67. The third-order valence-corrected chi connectivity index (χ3v) is 4.00. The maximum Gasteiger partial charge on any atom is 0.419 e. The molecule has 0 radical (unpaired) electrons. The van der Waals surface area contributed by atoms with Crippen molar-refractivity contribution >= 4 is 5.91 Å². The summed E-state index contributed by atoms with van der Waals surface area (Å²) in [4.78, 5) is 13.6. The molecule has 1 aromatic carbocycles. The van der Waals surface area contributed by atoms with Gasteiger partial charge in [0.2, 0.25) is 5.91 Å². The van der Waals surface area contributed by atoms with E-state index in [-0.39, 0.29) is 12.5 Å². The number of amides is 1. The van der Waals surface area contributed by atoms with Crippen LogP contribution in [0.15, 0.2) is 30.3 Å². The van der Waals surface area contributed by atoms with Crippen LogP contribution in [-0.2, 0) is 4.79 Å². The summed E-state index contributed by atoms with van der Waals surface area (Å²) in [5.74, 6) is -0.828. The molecule has 0 bridgehead atoms. The number of benzene rings is 1. The molecule has 1 amide bonds. The Hall–Kier alpha value is -1.56. The van der Waals surface area contributed by atoms with Crippen molar-refractivity contribution < 1.29 is 23.1 Å². The van der Waals surface area contributed by atoms with Crippen LogP contribution in [0.5, 0.6) is 0 Å². The summed E-state index contributed by atoms with van der Waals surface area (Å²) < 4.78 is 38.4. The zero-order chi connectivity index (χ0) is 15.7. The van der Waals surface area contributed by atoms with Crippen LogP contribution in [0.1, 0.15) is 31.2 Å². The number of likely N-dealkylation sites (tertiary alicyclic amines) is 1. The Labute approximate surface area is 121 Å². The first-order valence-electron chi connectivity index (χ1n) is 6.91. The Morgan fingerprint density at radius 3 is 2.48 bits per heavy atom. The van der Waals surface area contributed by atoms with Crippen molar-refractivity contribution in [2.45, 2.75) is 37.5 Å². The molecule has 0 spiro atoms. The molecule has 2 rings (SSSR count). The van der Waals surface area contributed by atoms with Gasteiger partial charge in [-0.25, -0.2) is 0 Å². The summed E-state index contributed by atoms with van der Waals surface area (Å²) >= 11 is 0. The van der Waals surface area contributed by atoms with Crippen molar-refractivity contribution in [3.63, 3.8) is 0 Å². The fourth-order valence-electron chi connectivity index (χ4n) is 2.67. The van der Waals surface area contributed by atoms with Gasteiger partial charge in [0, 0.05) is 13.0 Å². The molecule has 1 saturated heterocycles. The Kier molecular flexibility index (Phi) is 4.27. The molecule has 1 aromatic rings. The lowest BCUT2D eigenvalue weighted by molar-refractivity contribution is -0.253. The predicted molar refractivity (Wildman–Crippen MR) is 71.7 cm³/mol. The first-order valence-corrected chi connectivity index (χ1v) is 6.91. The van der Waals surface area contributed by atoms with E-state index in [9.17, 15) is 23.1 Å². The molecule has 21 heavy (non-hydrogen) atoms. The second-order valence-corrected chi connectivity index (χ2v) is 5.41. The lowest BCUT2D eigenvalue weighted by Crippen LogP contribution is -2.48. The van der Waals surface area contributed by atoms with E-state index >= 15 is 0 Å². The molecule has 1 N–H and O–H groups in total. The zero-order valence-electron chi connectivity index (χ0n) is 11.7. The van der Waals surface area contributed by atoms with Gasteiger partial charge in [0.15, 0.2) is 5.60 Å². The van der Waals surface area contributed by atoms with Crippen molar-refractivity contribution in [1.29, 1.82) is 0 Å². The molecule has 3 nitrogen and oxygen atoms in total. The van der Waals surface area contributed by atoms with Crippen molar-refractivity contribution in [2.75, 3.05) is 13.1 Å². The first kappa shape index (κ1) is 15.8. The maximum atomic E-state index is 12.8. The summed E-state index contributed by atoms with van der Waals surface area (Å²) in [7, 11) is 0. The molecule has 116 valence electrons. The minimum Gasteiger partial charge on any atom is -0.379 e. The van der Waals surface area contributed by atoms with E-state index in [2.05, 4.69) is 0 Å². The Bertz CT molecular complexity index is 503. The third-order valence-electron chi connectivity index (χ3n) is 4.00. The number of carbonyl (C=O) groups is 1.